The van der Waals surface area contributed by atoms with Crippen LogP contribution >= 0.6 is 27.5 Å². The Morgan fingerprint density at radius 2 is 2.00 bits per heavy atom. The molecule has 0 fully saturated rings. The predicted octanol–water partition coefficient (Wildman–Crippen LogP) is 5.42. The molecule has 20 heavy (non-hydrogen) atoms. The standard InChI is InChI=1S/C16H17BrClNO/c1-3-20-16-7-5-12(8-14(16)17)10-19-15-9-13(18)6-4-11(15)2/h4-9,19H,3,10H2,1-2H3. The van der Waals surface area contributed by atoms with E-state index in [-0.39, 0.29) is 0 Å². The van der Waals surface area contributed by atoms with Gasteiger partial charge in [0.25, 0.3) is 0 Å². The Hall–Kier alpha value is -1.19. The number of nitrogens with one attached hydrogen (secondary N) is 1. The van der Waals surface area contributed by atoms with E-state index < -0.39 is 0 Å². The minimum Gasteiger partial charge on any atom is -0.493 e. The lowest BCUT2D eigenvalue weighted by molar-refractivity contribution is 0.338. The maximum atomic E-state index is 6.02. The summed E-state index contributed by atoms with van der Waals surface area (Å²) in [5, 5.41) is 4.14. The van der Waals surface area contributed by atoms with E-state index >= 15 is 0 Å². The minimum atomic E-state index is 0.665. The van der Waals surface area contributed by atoms with Crippen LogP contribution in [0, 0.1) is 6.92 Å². The van der Waals surface area contributed by atoms with Gasteiger partial charge >= 0.3 is 0 Å². The maximum absolute atomic E-state index is 6.02. The zero-order valence-electron chi connectivity index (χ0n) is 11.5. The van der Waals surface area contributed by atoms with Gasteiger partial charge in [-0.15, -0.1) is 0 Å². The molecule has 0 aromatic heterocycles. The van der Waals surface area contributed by atoms with Crippen LogP contribution in [0.2, 0.25) is 5.02 Å². The lowest BCUT2D eigenvalue weighted by atomic mass is 10.1. The second kappa shape index (κ2) is 7.00. The third-order valence-electron chi connectivity index (χ3n) is 2.98. The van der Waals surface area contributed by atoms with E-state index in [0.29, 0.717) is 6.61 Å². The molecule has 0 saturated carbocycles. The molecule has 0 aliphatic heterocycles. The van der Waals surface area contributed by atoms with E-state index in [4.69, 9.17) is 16.3 Å². The van der Waals surface area contributed by atoms with Gasteiger partial charge in [-0.3, -0.25) is 0 Å². The van der Waals surface area contributed by atoms with Crippen LogP contribution in [0.15, 0.2) is 40.9 Å². The second-order valence-electron chi connectivity index (χ2n) is 4.51. The highest BCUT2D eigenvalue weighted by Crippen LogP contribution is 2.27. The second-order valence-corrected chi connectivity index (χ2v) is 5.80. The number of hydrogen-bond acceptors (Lipinski definition) is 2. The van der Waals surface area contributed by atoms with Gasteiger partial charge in [0.05, 0.1) is 11.1 Å². The third-order valence-corrected chi connectivity index (χ3v) is 3.83. The molecule has 0 spiro atoms. The number of rotatable bonds is 5. The number of ether oxygens (including phenoxy) is 1. The van der Waals surface area contributed by atoms with Gasteiger partial charge in [-0.25, -0.2) is 0 Å². The van der Waals surface area contributed by atoms with Crippen molar-refractivity contribution in [3.05, 3.63) is 57.0 Å². The quantitative estimate of drug-likeness (QED) is 0.774. The van der Waals surface area contributed by atoms with Gasteiger partial charge in [0.2, 0.25) is 0 Å². The first-order chi connectivity index (χ1) is 9.60. The molecular formula is C16H17BrClNO. The zero-order chi connectivity index (χ0) is 14.5. The highest BCUT2D eigenvalue weighted by molar-refractivity contribution is 9.10. The van der Waals surface area contributed by atoms with Gasteiger partial charge < -0.3 is 10.1 Å². The number of anilines is 1. The van der Waals surface area contributed by atoms with Gasteiger partial charge in [-0.2, -0.15) is 0 Å². The maximum Gasteiger partial charge on any atom is 0.133 e. The number of hydrogen-bond donors (Lipinski definition) is 1. The fourth-order valence-electron chi connectivity index (χ4n) is 1.91. The molecule has 0 heterocycles. The van der Waals surface area contributed by atoms with Crippen molar-refractivity contribution in [3.63, 3.8) is 0 Å². The molecule has 0 amide bonds. The van der Waals surface area contributed by atoms with Gasteiger partial charge in [-0.1, -0.05) is 23.7 Å². The fourth-order valence-corrected chi connectivity index (χ4v) is 2.62. The number of halogens is 2. The third kappa shape index (κ3) is 3.90. The molecular weight excluding hydrogens is 338 g/mol. The molecule has 2 nitrogen and oxygen atoms in total. The molecule has 4 heteroatoms. The zero-order valence-corrected chi connectivity index (χ0v) is 13.9. The molecule has 0 unspecified atom stereocenters. The van der Waals surface area contributed by atoms with Crippen LogP contribution in [0.25, 0.3) is 0 Å². The van der Waals surface area contributed by atoms with Gasteiger partial charge in [0.1, 0.15) is 5.75 Å². The van der Waals surface area contributed by atoms with Crippen LogP contribution in [0.4, 0.5) is 5.69 Å². The first-order valence-electron chi connectivity index (χ1n) is 6.51. The summed E-state index contributed by atoms with van der Waals surface area (Å²) in [4.78, 5) is 0. The molecule has 106 valence electrons. The van der Waals surface area contributed by atoms with Crippen LogP contribution < -0.4 is 10.1 Å². The first-order valence-corrected chi connectivity index (χ1v) is 7.68. The molecule has 2 aromatic carbocycles. The molecule has 2 aromatic rings. The SMILES string of the molecule is CCOc1ccc(CNc2cc(Cl)ccc2C)cc1Br. The Kier molecular flexibility index (Phi) is 5.32. The topological polar surface area (TPSA) is 21.3 Å². The molecule has 1 N–H and O–H groups in total. The molecule has 0 saturated heterocycles. The van der Waals surface area contributed by atoms with Crippen molar-refractivity contribution in [1.29, 1.82) is 0 Å². The summed E-state index contributed by atoms with van der Waals surface area (Å²) in [7, 11) is 0. The molecule has 0 aliphatic carbocycles. The fraction of sp³-hybridized carbons (Fsp3) is 0.250. The van der Waals surface area contributed by atoms with E-state index in [1.807, 2.05) is 31.2 Å². The molecule has 0 bridgehead atoms. The predicted molar refractivity (Wildman–Crippen MR) is 88.8 cm³/mol. The van der Waals surface area contributed by atoms with Crippen molar-refractivity contribution < 1.29 is 4.74 Å². The van der Waals surface area contributed by atoms with Crippen molar-refractivity contribution in [2.24, 2.45) is 0 Å². The van der Waals surface area contributed by atoms with Gasteiger partial charge in [0.15, 0.2) is 0 Å². The normalized spacial score (nSPS) is 10.4. The van der Waals surface area contributed by atoms with Crippen molar-refractivity contribution in [2.45, 2.75) is 20.4 Å². The largest absolute Gasteiger partial charge is 0.493 e. The van der Waals surface area contributed by atoms with E-state index in [0.717, 1.165) is 27.5 Å². The average molecular weight is 355 g/mol. The highest BCUT2D eigenvalue weighted by atomic mass is 79.9. The summed E-state index contributed by atoms with van der Waals surface area (Å²) in [5.74, 6) is 0.871. The first kappa shape index (κ1) is 15.2. The minimum absolute atomic E-state index is 0.665. The van der Waals surface area contributed by atoms with Crippen LogP contribution in [0.5, 0.6) is 5.75 Å². The van der Waals surface area contributed by atoms with E-state index in [9.17, 15) is 0 Å². The highest BCUT2D eigenvalue weighted by Gasteiger charge is 2.03. The van der Waals surface area contributed by atoms with Gasteiger partial charge in [0, 0.05) is 17.3 Å². The summed E-state index contributed by atoms with van der Waals surface area (Å²) in [6, 6.07) is 12.0. The van der Waals surface area contributed by atoms with Crippen LogP contribution in [0.1, 0.15) is 18.1 Å². The van der Waals surface area contributed by atoms with Crippen molar-refractivity contribution >= 4 is 33.2 Å². The lowest BCUT2D eigenvalue weighted by Crippen LogP contribution is -2.01. The molecule has 0 aliphatic rings. The van der Waals surface area contributed by atoms with Crippen LogP contribution in [0.3, 0.4) is 0 Å². The van der Waals surface area contributed by atoms with Crippen LogP contribution in [-0.4, -0.2) is 6.61 Å². The number of aryl methyl sites for hydroxylation is 1. The van der Waals surface area contributed by atoms with Crippen LogP contribution in [-0.2, 0) is 6.54 Å². The summed E-state index contributed by atoms with van der Waals surface area (Å²) in [6.45, 7) is 5.45. The van der Waals surface area contributed by atoms with Crippen molar-refractivity contribution in [2.75, 3.05) is 11.9 Å². The Labute approximate surface area is 133 Å². The average Bonchev–Trinajstić information content (AvgIpc) is 2.43. The van der Waals surface area contributed by atoms with Crippen molar-refractivity contribution in [1.82, 2.24) is 0 Å². The number of benzene rings is 2. The summed E-state index contributed by atoms with van der Waals surface area (Å²) in [6.07, 6.45) is 0. The summed E-state index contributed by atoms with van der Waals surface area (Å²) >= 11 is 9.54. The Bertz CT molecular complexity index is 601. The van der Waals surface area contributed by atoms with E-state index in [1.165, 1.54) is 11.1 Å². The van der Waals surface area contributed by atoms with Crippen molar-refractivity contribution in [3.8, 4) is 5.75 Å². The Morgan fingerprint density at radius 1 is 1.20 bits per heavy atom. The molecule has 0 atom stereocenters. The van der Waals surface area contributed by atoms with E-state index in [2.05, 4.69) is 40.3 Å². The smallest absolute Gasteiger partial charge is 0.133 e. The molecule has 0 radical (unpaired) electrons. The van der Waals surface area contributed by atoms with Gasteiger partial charge in [-0.05, 0) is 65.2 Å². The summed E-state index contributed by atoms with van der Waals surface area (Å²) in [5.41, 5.74) is 3.42. The monoisotopic (exact) mass is 353 g/mol. The summed E-state index contributed by atoms with van der Waals surface area (Å²) < 4.78 is 6.48. The Morgan fingerprint density at radius 3 is 2.70 bits per heavy atom. The van der Waals surface area contributed by atoms with E-state index in [1.54, 1.807) is 0 Å². The lowest BCUT2D eigenvalue weighted by Gasteiger charge is -2.12. The Balaban J connectivity index is 2.07. The molecule has 2 rings (SSSR count).